The quantitative estimate of drug-likeness (QED) is 0.773. The van der Waals surface area contributed by atoms with Crippen LogP contribution in [0.3, 0.4) is 0 Å². The third-order valence-corrected chi connectivity index (χ3v) is 6.55. The van der Waals surface area contributed by atoms with Crippen LogP contribution in [0.4, 0.5) is 0 Å². The number of hydrogen-bond donors (Lipinski definition) is 1. The zero-order valence-corrected chi connectivity index (χ0v) is 17.0. The zero-order chi connectivity index (χ0) is 20.1. The van der Waals surface area contributed by atoms with E-state index in [0.717, 1.165) is 30.6 Å². The Morgan fingerprint density at radius 1 is 1.21 bits per heavy atom. The van der Waals surface area contributed by atoms with E-state index < -0.39 is 10.0 Å². The summed E-state index contributed by atoms with van der Waals surface area (Å²) < 4.78 is 31.9. The van der Waals surface area contributed by atoms with Crippen LogP contribution in [-0.4, -0.2) is 45.5 Å². The van der Waals surface area contributed by atoms with Crippen molar-refractivity contribution in [1.82, 2.24) is 9.62 Å². The van der Waals surface area contributed by atoms with E-state index >= 15 is 0 Å². The number of ether oxygens (including phenoxy) is 1. The van der Waals surface area contributed by atoms with Gasteiger partial charge in [0, 0.05) is 24.7 Å². The number of benzene rings is 2. The standard InChI is InChI=1S/C21H26N2O4S/c1-3-22-28(25,26)20-11-9-17(10-12-20)21(24)23-13-5-7-18(23)14-16-6-4-8-19(15-16)27-2/h4,6,8-12,15,18,22H,3,5,7,13-14H2,1-2H3. The molecule has 7 heteroatoms. The third-order valence-electron chi connectivity index (χ3n) is 4.99. The minimum absolute atomic E-state index is 0.0576. The summed E-state index contributed by atoms with van der Waals surface area (Å²) in [7, 11) is -1.87. The summed E-state index contributed by atoms with van der Waals surface area (Å²) >= 11 is 0. The average Bonchev–Trinajstić information content (AvgIpc) is 3.15. The second-order valence-corrected chi connectivity index (χ2v) is 8.64. The molecule has 0 spiro atoms. The van der Waals surface area contributed by atoms with Gasteiger partial charge in [0.2, 0.25) is 10.0 Å². The predicted octanol–water partition coefficient (Wildman–Crippen LogP) is 2.84. The Labute approximate surface area is 166 Å². The molecule has 2 aromatic carbocycles. The van der Waals surface area contributed by atoms with E-state index in [4.69, 9.17) is 4.74 Å². The molecule has 1 atom stereocenters. The summed E-state index contributed by atoms with van der Waals surface area (Å²) in [5, 5.41) is 0. The normalized spacial score (nSPS) is 16.9. The molecule has 1 fully saturated rings. The first-order chi connectivity index (χ1) is 13.4. The topological polar surface area (TPSA) is 75.7 Å². The molecule has 3 rings (SSSR count). The summed E-state index contributed by atoms with van der Waals surface area (Å²) in [5.41, 5.74) is 1.64. The lowest BCUT2D eigenvalue weighted by Crippen LogP contribution is -2.36. The highest BCUT2D eigenvalue weighted by Gasteiger charge is 2.29. The Kier molecular flexibility index (Phi) is 6.36. The van der Waals surface area contributed by atoms with Crippen LogP contribution in [0.1, 0.15) is 35.7 Å². The molecule has 0 saturated carbocycles. The minimum atomic E-state index is -3.52. The largest absolute Gasteiger partial charge is 0.497 e. The fourth-order valence-electron chi connectivity index (χ4n) is 3.60. The molecular formula is C21H26N2O4S. The van der Waals surface area contributed by atoms with Crippen LogP contribution in [0.2, 0.25) is 0 Å². The number of nitrogens with one attached hydrogen (secondary N) is 1. The first-order valence-corrected chi connectivity index (χ1v) is 11.0. The van der Waals surface area contributed by atoms with Crippen LogP contribution < -0.4 is 9.46 Å². The number of sulfonamides is 1. The number of likely N-dealkylation sites (tertiary alicyclic amines) is 1. The van der Waals surface area contributed by atoms with Gasteiger partial charge in [-0.3, -0.25) is 4.79 Å². The molecule has 28 heavy (non-hydrogen) atoms. The SMILES string of the molecule is CCNS(=O)(=O)c1ccc(C(=O)N2CCCC2Cc2cccc(OC)c2)cc1. The Morgan fingerprint density at radius 2 is 1.96 bits per heavy atom. The van der Waals surface area contributed by atoms with E-state index in [1.807, 2.05) is 29.2 Å². The molecule has 1 saturated heterocycles. The van der Waals surface area contributed by atoms with Gasteiger partial charge >= 0.3 is 0 Å². The van der Waals surface area contributed by atoms with Gasteiger partial charge in [-0.1, -0.05) is 19.1 Å². The van der Waals surface area contributed by atoms with Gasteiger partial charge in [0.15, 0.2) is 0 Å². The van der Waals surface area contributed by atoms with Crippen molar-refractivity contribution in [2.75, 3.05) is 20.2 Å². The second kappa shape index (κ2) is 8.75. The summed E-state index contributed by atoms with van der Waals surface area (Å²) in [6.07, 6.45) is 2.69. The van der Waals surface area contributed by atoms with Crippen molar-refractivity contribution in [2.45, 2.75) is 37.1 Å². The average molecular weight is 403 g/mol. The van der Waals surface area contributed by atoms with E-state index in [-0.39, 0.29) is 16.8 Å². The summed E-state index contributed by atoms with van der Waals surface area (Å²) in [6.45, 7) is 2.76. The number of rotatable bonds is 7. The Morgan fingerprint density at radius 3 is 2.64 bits per heavy atom. The van der Waals surface area contributed by atoms with Crippen molar-refractivity contribution in [3.8, 4) is 5.75 Å². The fraction of sp³-hybridized carbons (Fsp3) is 0.381. The summed E-state index contributed by atoms with van der Waals surface area (Å²) in [6, 6.07) is 14.2. The number of nitrogens with zero attached hydrogens (tertiary/aromatic N) is 1. The molecule has 1 aliphatic heterocycles. The molecule has 1 aliphatic rings. The molecule has 2 aromatic rings. The van der Waals surface area contributed by atoms with Crippen molar-refractivity contribution in [3.05, 3.63) is 59.7 Å². The number of carbonyl (C=O) groups is 1. The first kappa shape index (κ1) is 20.4. The highest BCUT2D eigenvalue weighted by atomic mass is 32.2. The predicted molar refractivity (Wildman–Crippen MR) is 108 cm³/mol. The maximum atomic E-state index is 13.0. The fourth-order valence-corrected chi connectivity index (χ4v) is 4.64. The van der Waals surface area contributed by atoms with Gasteiger partial charge in [0.1, 0.15) is 5.75 Å². The minimum Gasteiger partial charge on any atom is -0.497 e. The lowest BCUT2D eigenvalue weighted by atomic mass is 10.0. The summed E-state index contributed by atoms with van der Waals surface area (Å²) in [4.78, 5) is 15.1. The molecule has 0 bridgehead atoms. The molecule has 0 radical (unpaired) electrons. The van der Waals surface area contributed by atoms with Crippen molar-refractivity contribution in [3.63, 3.8) is 0 Å². The van der Waals surface area contributed by atoms with Gasteiger partial charge in [-0.15, -0.1) is 0 Å². The summed E-state index contributed by atoms with van der Waals surface area (Å²) in [5.74, 6) is 0.753. The van der Waals surface area contributed by atoms with E-state index in [2.05, 4.69) is 4.72 Å². The van der Waals surface area contributed by atoms with E-state index in [1.165, 1.54) is 12.1 Å². The van der Waals surface area contributed by atoms with Crippen LogP contribution in [0.5, 0.6) is 5.75 Å². The van der Waals surface area contributed by atoms with Crippen LogP contribution in [0.25, 0.3) is 0 Å². The Bertz CT molecular complexity index is 926. The monoisotopic (exact) mass is 402 g/mol. The molecule has 1 N–H and O–H groups in total. The number of hydrogen-bond acceptors (Lipinski definition) is 4. The molecule has 0 aliphatic carbocycles. The second-order valence-electron chi connectivity index (χ2n) is 6.88. The van der Waals surface area contributed by atoms with Crippen LogP contribution in [0, 0.1) is 0 Å². The van der Waals surface area contributed by atoms with Gasteiger partial charge < -0.3 is 9.64 Å². The van der Waals surface area contributed by atoms with Crippen LogP contribution in [-0.2, 0) is 16.4 Å². The van der Waals surface area contributed by atoms with Gasteiger partial charge in [-0.25, -0.2) is 13.1 Å². The number of carbonyl (C=O) groups excluding carboxylic acids is 1. The van der Waals surface area contributed by atoms with E-state index in [9.17, 15) is 13.2 Å². The maximum absolute atomic E-state index is 13.0. The highest BCUT2D eigenvalue weighted by Crippen LogP contribution is 2.25. The molecule has 1 amide bonds. The van der Waals surface area contributed by atoms with Crippen molar-refractivity contribution >= 4 is 15.9 Å². The van der Waals surface area contributed by atoms with Gasteiger partial charge in [0.05, 0.1) is 12.0 Å². The molecule has 0 aromatic heterocycles. The smallest absolute Gasteiger partial charge is 0.254 e. The molecule has 1 heterocycles. The Hall–Kier alpha value is -2.38. The number of methoxy groups -OCH3 is 1. The maximum Gasteiger partial charge on any atom is 0.254 e. The lowest BCUT2D eigenvalue weighted by molar-refractivity contribution is 0.0736. The van der Waals surface area contributed by atoms with Gasteiger partial charge in [-0.05, 0) is 61.2 Å². The molecule has 1 unspecified atom stereocenters. The third kappa shape index (κ3) is 4.54. The van der Waals surface area contributed by atoms with Crippen LogP contribution >= 0.6 is 0 Å². The number of amides is 1. The molecule has 6 nitrogen and oxygen atoms in total. The van der Waals surface area contributed by atoms with E-state index in [0.29, 0.717) is 18.7 Å². The zero-order valence-electron chi connectivity index (χ0n) is 16.2. The molecule has 150 valence electrons. The van der Waals surface area contributed by atoms with Crippen molar-refractivity contribution in [2.24, 2.45) is 0 Å². The Balaban J connectivity index is 1.73. The lowest BCUT2D eigenvalue weighted by Gasteiger charge is -2.25. The van der Waals surface area contributed by atoms with Crippen LogP contribution in [0.15, 0.2) is 53.4 Å². The van der Waals surface area contributed by atoms with Gasteiger partial charge in [-0.2, -0.15) is 0 Å². The molecular weight excluding hydrogens is 376 g/mol. The van der Waals surface area contributed by atoms with E-state index in [1.54, 1.807) is 26.2 Å². The van der Waals surface area contributed by atoms with Gasteiger partial charge in [0.25, 0.3) is 5.91 Å². The van der Waals surface area contributed by atoms with Crippen molar-refractivity contribution in [1.29, 1.82) is 0 Å². The van der Waals surface area contributed by atoms with Crippen molar-refractivity contribution < 1.29 is 17.9 Å². The first-order valence-electron chi connectivity index (χ1n) is 9.48. The highest BCUT2D eigenvalue weighted by molar-refractivity contribution is 7.89.